The van der Waals surface area contributed by atoms with Gasteiger partial charge >= 0.3 is 0 Å². The van der Waals surface area contributed by atoms with Crippen molar-refractivity contribution in [3.05, 3.63) is 70.8 Å². The molecule has 0 saturated heterocycles. The fourth-order valence-electron chi connectivity index (χ4n) is 2.73. The molecule has 9 heteroatoms. The van der Waals surface area contributed by atoms with E-state index in [1.807, 2.05) is 39.0 Å². The Bertz CT molecular complexity index is 1110. The molecular weight excluding hydrogens is 408 g/mol. The highest BCUT2D eigenvalue weighted by atomic mass is 32.2. The van der Waals surface area contributed by atoms with Crippen LogP contribution in [0.4, 0.5) is 5.13 Å². The maximum Gasteiger partial charge on any atom is 0.270 e. The predicted octanol–water partition coefficient (Wildman–Crippen LogP) is 3.84. The van der Waals surface area contributed by atoms with Crippen molar-refractivity contribution in [3.63, 3.8) is 0 Å². The van der Waals surface area contributed by atoms with Crippen LogP contribution >= 0.6 is 11.3 Å². The van der Waals surface area contributed by atoms with Gasteiger partial charge in [0.1, 0.15) is 0 Å². The first-order chi connectivity index (χ1) is 13.8. The van der Waals surface area contributed by atoms with Gasteiger partial charge in [0, 0.05) is 11.6 Å². The first-order valence-corrected chi connectivity index (χ1v) is 11.4. The topological polar surface area (TPSA) is 101 Å². The van der Waals surface area contributed by atoms with Crippen LogP contribution in [0, 0.1) is 13.8 Å². The van der Waals surface area contributed by atoms with E-state index in [1.54, 1.807) is 30.3 Å². The maximum absolute atomic E-state index is 12.8. The second-order valence-electron chi connectivity index (χ2n) is 6.62. The van der Waals surface area contributed by atoms with Crippen molar-refractivity contribution in [2.24, 2.45) is 0 Å². The molecule has 1 atom stereocenters. The molecule has 0 saturated carbocycles. The van der Waals surface area contributed by atoms with Gasteiger partial charge in [0.2, 0.25) is 9.47 Å². The number of amides is 1. The van der Waals surface area contributed by atoms with Gasteiger partial charge < -0.3 is 0 Å². The van der Waals surface area contributed by atoms with E-state index in [9.17, 15) is 13.2 Å². The zero-order chi connectivity index (χ0) is 21.0. The second kappa shape index (κ2) is 8.81. The van der Waals surface area contributed by atoms with Crippen LogP contribution < -0.4 is 10.0 Å². The van der Waals surface area contributed by atoms with Crippen LogP contribution in [0.15, 0.2) is 52.9 Å². The molecule has 152 valence electrons. The monoisotopic (exact) mass is 430 g/mol. The summed E-state index contributed by atoms with van der Waals surface area (Å²) in [6.07, 6.45) is 0.581. The van der Waals surface area contributed by atoms with E-state index in [-0.39, 0.29) is 21.4 Å². The number of hydrogen-bond donors (Lipinski definition) is 2. The van der Waals surface area contributed by atoms with E-state index >= 15 is 0 Å². The molecule has 2 aromatic carbocycles. The molecule has 3 rings (SSSR count). The summed E-state index contributed by atoms with van der Waals surface area (Å²) in [6.45, 7) is 5.91. The Kier molecular flexibility index (Phi) is 6.41. The quantitative estimate of drug-likeness (QED) is 0.555. The van der Waals surface area contributed by atoms with E-state index in [4.69, 9.17) is 0 Å². The normalized spacial score (nSPS) is 12.5. The molecule has 0 spiro atoms. The number of benzene rings is 2. The number of sulfonamides is 1. The third-order valence-electron chi connectivity index (χ3n) is 4.53. The van der Waals surface area contributed by atoms with Crippen LogP contribution in [0.2, 0.25) is 0 Å². The first kappa shape index (κ1) is 21.1. The van der Waals surface area contributed by atoms with Crippen LogP contribution in [0.25, 0.3) is 0 Å². The highest BCUT2D eigenvalue weighted by Gasteiger charge is 2.25. The van der Waals surface area contributed by atoms with Gasteiger partial charge in [-0.1, -0.05) is 54.7 Å². The summed E-state index contributed by atoms with van der Waals surface area (Å²) in [7, 11) is -3.88. The van der Waals surface area contributed by atoms with Crippen LogP contribution in [-0.4, -0.2) is 24.5 Å². The molecule has 1 amide bonds. The van der Waals surface area contributed by atoms with Crippen molar-refractivity contribution < 1.29 is 13.2 Å². The summed E-state index contributed by atoms with van der Waals surface area (Å²) in [5.74, 6) is -0.375. The van der Waals surface area contributed by atoms with Crippen LogP contribution in [-0.2, 0) is 10.0 Å². The number of aromatic nitrogens is 2. The fourth-order valence-corrected chi connectivity index (χ4v) is 4.95. The van der Waals surface area contributed by atoms with Crippen molar-refractivity contribution >= 4 is 32.4 Å². The second-order valence-corrected chi connectivity index (χ2v) is 9.48. The zero-order valence-corrected chi connectivity index (χ0v) is 18.0. The van der Waals surface area contributed by atoms with Crippen LogP contribution in [0.1, 0.15) is 46.4 Å². The standard InChI is InChI=1S/C20H22N4O3S2/c1-4-17(16-11-10-13(2)14(3)12-16)24-29(26,27)20-23-22-19(28-20)21-18(25)15-8-6-5-7-9-15/h5-12,17,24H,4H2,1-3H3,(H,21,22,25)/t17-/m0/s1. The molecule has 0 unspecified atom stereocenters. The Hall–Kier alpha value is -2.62. The molecule has 3 aromatic rings. The Morgan fingerprint density at radius 3 is 2.45 bits per heavy atom. The van der Waals surface area contributed by atoms with Gasteiger partial charge in [0.25, 0.3) is 15.9 Å². The SMILES string of the molecule is CC[C@H](NS(=O)(=O)c1nnc(NC(=O)c2ccccc2)s1)c1ccc(C)c(C)c1. The molecule has 0 aliphatic rings. The predicted molar refractivity (Wildman–Crippen MR) is 114 cm³/mol. The minimum absolute atomic E-state index is 0.124. The van der Waals surface area contributed by atoms with Crippen LogP contribution in [0.3, 0.4) is 0 Å². The smallest absolute Gasteiger partial charge is 0.270 e. The van der Waals surface area contributed by atoms with Crippen LogP contribution in [0.5, 0.6) is 0 Å². The van der Waals surface area contributed by atoms with Gasteiger partial charge in [-0.3, -0.25) is 10.1 Å². The summed E-state index contributed by atoms with van der Waals surface area (Å²) in [6, 6.07) is 14.1. The average Bonchev–Trinajstić information content (AvgIpc) is 3.18. The lowest BCUT2D eigenvalue weighted by atomic mass is 10.0. The lowest BCUT2D eigenvalue weighted by Crippen LogP contribution is -2.28. The molecule has 0 fully saturated rings. The number of nitrogens with zero attached hydrogens (tertiary/aromatic N) is 2. The van der Waals surface area contributed by atoms with Gasteiger partial charge in [-0.2, -0.15) is 0 Å². The number of aryl methyl sites for hydroxylation is 2. The minimum Gasteiger partial charge on any atom is -0.296 e. The molecule has 29 heavy (non-hydrogen) atoms. The van der Waals surface area contributed by atoms with E-state index < -0.39 is 10.0 Å². The molecule has 0 aliphatic heterocycles. The lowest BCUT2D eigenvalue weighted by Gasteiger charge is -2.17. The van der Waals surface area contributed by atoms with Gasteiger partial charge in [-0.15, -0.1) is 10.2 Å². The number of carbonyl (C=O) groups excluding carboxylic acids is 1. The van der Waals surface area contributed by atoms with E-state index in [0.717, 1.165) is 28.0 Å². The number of carbonyl (C=O) groups is 1. The summed E-state index contributed by atoms with van der Waals surface area (Å²) in [5.41, 5.74) is 3.59. The van der Waals surface area contributed by atoms with Gasteiger partial charge in [-0.25, -0.2) is 13.1 Å². The average molecular weight is 431 g/mol. The Morgan fingerprint density at radius 2 is 1.79 bits per heavy atom. The molecular formula is C20H22N4O3S2. The third-order valence-corrected chi connectivity index (χ3v) is 7.21. The molecule has 2 N–H and O–H groups in total. The zero-order valence-electron chi connectivity index (χ0n) is 16.3. The van der Waals surface area contributed by atoms with Crippen molar-refractivity contribution in [2.75, 3.05) is 5.32 Å². The summed E-state index contributed by atoms with van der Waals surface area (Å²) < 4.78 is 28.1. The minimum atomic E-state index is -3.88. The van der Waals surface area contributed by atoms with Gasteiger partial charge in [0.05, 0.1) is 0 Å². The summed E-state index contributed by atoms with van der Waals surface area (Å²) in [5, 5.41) is 10.2. The molecule has 1 heterocycles. The third kappa shape index (κ3) is 5.06. The Balaban J connectivity index is 1.75. The molecule has 1 aromatic heterocycles. The highest BCUT2D eigenvalue weighted by molar-refractivity contribution is 7.91. The molecule has 7 nitrogen and oxygen atoms in total. The van der Waals surface area contributed by atoms with Crippen molar-refractivity contribution in [2.45, 2.75) is 37.6 Å². The van der Waals surface area contributed by atoms with E-state index in [0.29, 0.717) is 12.0 Å². The van der Waals surface area contributed by atoms with Crippen molar-refractivity contribution in [1.29, 1.82) is 0 Å². The number of hydrogen-bond acceptors (Lipinski definition) is 6. The number of rotatable bonds is 7. The Morgan fingerprint density at radius 1 is 1.07 bits per heavy atom. The molecule has 0 aliphatic carbocycles. The lowest BCUT2D eigenvalue weighted by molar-refractivity contribution is 0.102. The van der Waals surface area contributed by atoms with Crippen molar-refractivity contribution in [3.8, 4) is 0 Å². The maximum atomic E-state index is 12.8. The molecule has 0 bridgehead atoms. The largest absolute Gasteiger partial charge is 0.296 e. The van der Waals surface area contributed by atoms with Gasteiger partial charge in [0.15, 0.2) is 0 Å². The Labute approximate surface area is 174 Å². The van der Waals surface area contributed by atoms with E-state index in [2.05, 4.69) is 20.2 Å². The number of anilines is 1. The summed E-state index contributed by atoms with van der Waals surface area (Å²) in [4.78, 5) is 12.2. The molecule has 0 radical (unpaired) electrons. The number of nitrogens with one attached hydrogen (secondary N) is 2. The fraction of sp³-hybridized carbons (Fsp3) is 0.250. The van der Waals surface area contributed by atoms with E-state index in [1.165, 1.54) is 0 Å². The summed E-state index contributed by atoms with van der Waals surface area (Å²) >= 11 is 0.811. The van der Waals surface area contributed by atoms with Gasteiger partial charge in [-0.05, 0) is 49.1 Å². The van der Waals surface area contributed by atoms with Crippen molar-refractivity contribution in [1.82, 2.24) is 14.9 Å². The first-order valence-electron chi connectivity index (χ1n) is 9.09. The highest BCUT2D eigenvalue weighted by Crippen LogP contribution is 2.25.